The van der Waals surface area contributed by atoms with E-state index in [-0.39, 0.29) is 11.8 Å². The Kier molecular flexibility index (Phi) is 4.30. The van der Waals surface area contributed by atoms with E-state index in [2.05, 4.69) is 22.6 Å². The second-order valence-corrected chi connectivity index (χ2v) is 6.01. The van der Waals surface area contributed by atoms with Gasteiger partial charge in [0.25, 0.3) is 11.8 Å². The SMILES string of the molecule is CN(CCCN1C(=O)c2ccccc2C1=O)Cc1cccn1C. The van der Waals surface area contributed by atoms with Gasteiger partial charge in [-0.1, -0.05) is 12.1 Å². The maximum Gasteiger partial charge on any atom is 0.261 e. The summed E-state index contributed by atoms with van der Waals surface area (Å²) in [5, 5.41) is 0. The number of amides is 2. The quantitative estimate of drug-likeness (QED) is 0.768. The molecule has 0 saturated heterocycles. The Morgan fingerprint density at radius 3 is 2.22 bits per heavy atom. The van der Waals surface area contributed by atoms with Crippen molar-refractivity contribution in [2.24, 2.45) is 7.05 Å². The fourth-order valence-electron chi connectivity index (χ4n) is 2.96. The third-order valence-corrected chi connectivity index (χ3v) is 4.28. The van der Waals surface area contributed by atoms with Crippen LogP contribution < -0.4 is 0 Å². The van der Waals surface area contributed by atoms with Gasteiger partial charge in [0, 0.05) is 32.0 Å². The Bertz CT molecular complexity index is 700. The van der Waals surface area contributed by atoms with Crippen molar-refractivity contribution in [3.05, 3.63) is 59.4 Å². The molecule has 2 aromatic rings. The van der Waals surface area contributed by atoms with Crippen molar-refractivity contribution < 1.29 is 9.59 Å². The number of aromatic nitrogens is 1. The molecule has 5 heteroatoms. The number of fused-ring (bicyclic) bond motifs is 1. The highest BCUT2D eigenvalue weighted by molar-refractivity contribution is 6.21. The molecule has 0 atom stereocenters. The van der Waals surface area contributed by atoms with Crippen molar-refractivity contribution >= 4 is 11.8 Å². The predicted octanol–water partition coefficient (Wildman–Crippen LogP) is 2.14. The van der Waals surface area contributed by atoms with Crippen LogP contribution in [0.5, 0.6) is 0 Å². The van der Waals surface area contributed by atoms with Gasteiger partial charge in [0.15, 0.2) is 0 Å². The van der Waals surface area contributed by atoms with Crippen molar-refractivity contribution in [2.45, 2.75) is 13.0 Å². The minimum absolute atomic E-state index is 0.171. The molecule has 1 aliphatic heterocycles. The van der Waals surface area contributed by atoms with Crippen LogP contribution in [0.15, 0.2) is 42.6 Å². The summed E-state index contributed by atoms with van der Waals surface area (Å²) in [6, 6.07) is 11.2. The number of aryl methyl sites for hydroxylation is 1. The molecule has 0 spiro atoms. The van der Waals surface area contributed by atoms with Crippen molar-refractivity contribution in [3.8, 4) is 0 Å². The first kappa shape index (κ1) is 15.5. The summed E-state index contributed by atoms with van der Waals surface area (Å²) in [7, 11) is 4.08. The summed E-state index contributed by atoms with van der Waals surface area (Å²) in [5.41, 5.74) is 2.29. The standard InChI is InChI=1S/C18H21N3O2/c1-19(13-14-7-5-11-20(14)2)10-6-12-21-17(22)15-8-3-4-9-16(15)18(21)23/h3-5,7-9,11H,6,10,12-13H2,1-2H3. The third-order valence-electron chi connectivity index (χ3n) is 4.28. The number of rotatable bonds is 6. The Morgan fingerprint density at radius 1 is 1.00 bits per heavy atom. The van der Waals surface area contributed by atoms with Gasteiger partial charge in [-0.25, -0.2) is 0 Å². The van der Waals surface area contributed by atoms with Crippen LogP contribution in [0.3, 0.4) is 0 Å². The van der Waals surface area contributed by atoms with E-state index in [1.807, 2.05) is 19.3 Å². The van der Waals surface area contributed by atoms with Gasteiger partial charge in [-0.15, -0.1) is 0 Å². The second-order valence-electron chi connectivity index (χ2n) is 6.01. The zero-order valence-electron chi connectivity index (χ0n) is 13.5. The second kappa shape index (κ2) is 6.38. The van der Waals surface area contributed by atoms with E-state index in [1.54, 1.807) is 24.3 Å². The molecule has 0 N–H and O–H groups in total. The van der Waals surface area contributed by atoms with Crippen LogP contribution in [0.1, 0.15) is 32.8 Å². The van der Waals surface area contributed by atoms with E-state index in [1.165, 1.54) is 10.6 Å². The number of hydrogen-bond donors (Lipinski definition) is 0. The van der Waals surface area contributed by atoms with Gasteiger partial charge in [-0.3, -0.25) is 14.5 Å². The zero-order valence-corrected chi connectivity index (χ0v) is 13.5. The molecule has 0 unspecified atom stereocenters. The number of hydrogen-bond acceptors (Lipinski definition) is 3. The van der Waals surface area contributed by atoms with Gasteiger partial charge >= 0.3 is 0 Å². The van der Waals surface area contributed by atoms with Gasteiger partial charge in [-0.05, 0) is 44.3 Å². The minimum Gasteiger partial charge on any atom is -0.353 e. The van der Waals surface area contributed by atoms with Gasteiger partial charge in [0.1, 0.15) is 0 Å². The van der Waals surface area contributed by atoms with Gasteiger partial charge in [0.05, 0.1) is 11.1 Å². The lowest BCUT2D eigenvalue weighted by Gasteiger charge is -2.19. The monoisotopic (exact) mass is 311 g/mol. The van der Waals surface area contributed by atoms with Crippen LogP contribution in [0.4, 0.5) is 0 Å². The average Bonchev–Trinajstić information content (AvgIpc) is 3.04. The van der Waals surface area contributed by atoms with Crippen molar-refractivity contribution in [3.63, 3.8) is 0 Å². The smallest absolute Gasteiger partial charge is 0.261 e. The molecule has 1 aromatic carbocycles. The Balaban J connectivity index is 1.53. The lowest BCUT2D eigenvalue weighted by molar-refractivity contribution is 0.0648. The lowest BCUT2D eigenvalue weighted by Crippen LogP contribution is -2.33. The molecule has 1 aliphatic rings. The fourth-order valence-corrected chi connectivity index (χ4v) is 2.96. The third kappa shape index (κ3) is 3.05. The van der Waals surface area contributed by atoms with E-state index in [9.17, 15) is 9.59 Å². The highest BCUT2D eigenvalue weighted by Crippen LogP contribution is 2.22. The van der Waals surface area contributed by atoms with E-state index < -0.39 is 0 Å². The van der Waals surface area contributed by atoms with Crippen molar-refractivity contribution in [1.29, 1.82) is 0 Å². The number of carbonyl (C=O) groups excluding carboxylic acids is 2. The molecule has 1 aromatic heterocycles. The summed E-state index contributed by atoms with van der Waals surface area (Å²) in [5.74, 6) is -0.341. The number of imide groups is 1. The zero-order chi connectivity index (χ0) is 16.4. The number of nitrogens with zero attached hydrogens (tertiary/aromatic N) is 3. The maximum atomic E-state index is 12.3. The van der Waals surface area contributed by atoms with E-state index in [4.69, 9.17) is 0 Å². The first-order valence-electron chi connectivity index (χ1n) is 7.82. The van der Waals surface area contributed by atoms with Crippen LogP contribution in [0.2, 0.25) is 0 Å². The van der Waals surface area contributed by atoms with Crippen molar-refractivity contribution in [1.82, 2.24) is 14.4 Å². The summed E-state index contributed by atoms with van der Waals surface area (Å²) in [6.45, 7) is 2.15. The lowest BCUT2D eigenvalue weighted by atomic mass is 10.1. The van der Waals surface area contributed by atoms with Gasteiger partial charge in [-0.2, -0.15) is 0 Å². The van der Waals surface area contributed by atoms with Gasteiger partial charge < -0.3 is 9.47 Å². The van der Waals surface area contributed by atoms with Crippen LogP contribution in [0, 0.1) is 0 Å². The summed E-state index contributed by atoms with van der Waals surface area (Å²) < 4.78 is 2.10. The maximum absolute atomic E-state index is 12.3. The molecule has 0 aliphatic carbocycles. The molecule has 23 heavy (non-hydrogen) atoms. The van der Waals surface area contributed by atoms with Gasteiger partial charge in [0.2, 0.25) is 0 Å². The Labute approximate surface area is 136 Å². The van der Waals surface area contributed by atoms with E-state index >= 15 is 0 Å². The molecule has 2 heterocycles. The highest BCUT2D eigenvalue weighted by Gasteiger charge is 2.34. The largest absolute Gasteiger partial charge is 0.353 e. The molecule has 120 valence electrons. The Morgan fingerprint density at radius 2 is 1.65 bits per heavy atom. The first-order valence-corrected chi connectivity index (χ1v) is 7.82. The minimum atomic E-state index is -0.171. The van der Waals surface area contributed by atoms with Crippen LogP contribution in [0.25, 0.3) is 0 Å². The average molecular weight is 311 g/mol. The molecule has 0 bridgehead atoms. The van der Waals surface area contributed by atoms with Crippen LogP contribution >= 0.6 is 0 Å². The van der Waals surface area contributed by atoms with Crippen LogP contribution in [-0.2, 0) is 13.6 Å². The molecule has 0 radical (unpaired) electrons. The van der Waals surface area contributed by atoms with Crippen LogP contribution in [-0.4, -0.2) is 46.3 Å². The summed E-state index contributed by atoms with van der Waals surface area (Å²) in [6.07, 6.45) is 2.80. The molecule has 3 rings (SSSR count). The number of benzene rings is 1. The fraction of sp³-hybridized carbons (Fsp3) is 0.333. The molecular formula is C18H21N3O2. The summed E-state index contributed by atoms with van der Waals surface area (Å²) in [4.78, 5) is 28.1. The molecule has 2 amide bonds. The topological polar surface area (TPSA) is 45.6 Å². The highest BCUT2D eigenvalue weighted by atomic mass is 16.2. The molecule has 0 saturated carbocycles. The normalized spacial score (nSPS) is 14.0. The van der Waals surface area contributed by atoms with Crippen molar-refractivity contribution in [2.75, 3.05) is 20.1 Å². The summed E-state index contributed by atoms with van der Waals surface area (Å²) >= 11 is 0. The van der Waals surface area contributed by atoms with E-state index in [0.29, 0.717) is 17.7 Å². The van der Waals surface area contributed by atoms with E-state index in [0.717, 1.165) is 19.5 Å². The predicted molar refractivity (Wildman–Crippen MR) is 88.2 cm³/mol. The molecule has 5 nitrogen and oxygen atoms in total. The Hall–Kier alpha value is -2.40. The number of carbonyl (C=O) groups is 2. The first-order chi connectivity index (χ1) is 11.1. The molecule has 0 fully saturated rings. The molecular weight excluding hydrogens is 290 g/mol.